The van der Waals surface area contributed by atoms with E-state index >= 15 is 0 Å². The van der Waals surface area contributed by atoms with Crippen LogP contribution in [0.25, 0.3) is 0 Å². The van der Waals surface area contributed by atoms with Crippen molar-refractivity contribution in [1.82, 2.24) is 0 Å². The normalized spacial score (nSPS) is 29.4. The van der Waals surface area contributed by atoms with Gasteiger partial charge in [-0.15, -0.1) is 0 Å². The monoisotopic (exact) mass is 178 g/mol. The molecule has 0 radical (unpaired) electrons. The van der Waals surface area contributed by atoms with Crippen LogP contribution >= 0.6 is 0 Å². The van der Waals surface area contributed by atoms with Gasteiger partial charge in [0.1, 0.15) is 11.7 Å². The predicted molar refractivity (Wildman–Crippen MR) is 37.0 cm³/mol. The van der Waals surface area contributed by atoms with Crippen LogP contribution in [0.3, 0.4) is 0 Å². The molecule has 0 aromatic heterocycles. The zero-order valence-corrected chi connectivity index (χ0v) is 5.97. The Morgan fingerprint density at radius 2 is 2.00 bits per heavy atom. The molecule has 0 saturated carbocycles. The van der Waals surface area contributed by atoms with E-state index in [0.717, 1.165) is 0 Å². The van der Waals surface area contributed by atoms with Crippen molar-refractivity contribution in [2.45, 2.75) is 12.0 Å². The quantitative estimate of drug-likeness (QED) is 0.583. The maximum absolute atomic E-state index is 13.1. The molecule has 1 atom stereocenters. The highest BCUT2D eigenvalue weighted by Crippen LogP contribution is 2.31. The van der Waals surface area contributed by atoms with Gasteiger partial charge in [0.05, 0.1) is 0 Å². The highest BCUT2D eigenvalue weighted by atomic mass is 19.2. The fourth-order valence-electron chi connectivity index (χ4n) is 0.947. The van der Waals surface area contributed by atoms with Crippen LogP contribution in [0.2, 0.25) is 0 Å². The summed E-state index contributed by atoms with van der Waals surface area (Å²) in [7, 11) is -2.41. The zero-order valence-electron chi connectivity index (χ0n) is 5.97. The first-order valence-electron chi connectivity index (χ1n) is 3.23. The van der Waals surface area contributed by atoms with Gasteiger partial charge in [-0.2, -0.15) is 0 Å². The van der Waals surface area contributed by atoms with Crippen LogP contribution in [0.5, 0.6) is 0 Å². The number of hydrogen-bond donors (Lipinski definition) is 2. The van der Waals surface area contributed by atoms with Crippen LogP contribution in [0.1, 0.15) is 6.42 Å². The molecule has 1 unspecified atom stereocenters. The van der Waals surface area contributed by atoms with Gasteiger partial charge in [0, 0.05) is 12.5 Å². The van der Waals surface area contributed by atoms with Crippen LogP contribution < -0.4 is 0 Å². The third-order valence-corrected chi connectivity index (χ3v) is 1.54. The van der Waals surface area contributed by atoms with Crippen LogP contribution in [-0.4, -0.2) is 22.7 Å². The lowest BCUT2D eigenvalue weighted by Gasteiger charge is -2.21. The van der Waals surface area contributed by atoms with E-state index in [4.69, 9.17) is 10.0 Å². The second kappa shape index (κ2) is 2.95. The molecule has 1 aliphatic rings. The lowest BCUT2D eigenvalue weighted by molar-refractivity contribution is 0.227. The number of rotatable bonds is 1. The Bertz CT molecular complexity index is 251. The summed E-state index contributed by atoms with van der Waals surface area (Å²) < 4.78 is 37.9. The minimum absolute atomic E-state index is 0.348. The molecule has 6 heteroatoms. The fraction of sp³-hybridized carbons (Fsp3) is 0.333. The van der Waals surface area contributed by atoms with E-state index in [0.29, 0.717) is 12.2 Å². The van der Waals surface area contributed by atoms with E-state index in [2.05, 4.69) is 0 Å². The van der Waals surface area contributed by atoms with Crippen molar-refractivity contribution in [3.8, 4) is 0 Å². The van der Waals surface area contributed by atoms with Gasteiger partial charge in [-0.05, 0) is 6.08 Å². The van der Waals surface area contributed by atoms with E-state index in [1.807, 2.05) is 0 Å². The Kier molecular flexibility index (Phi) is 2.30. The van der Waals surface area contributed by atoms with Gasteiger partial charge in [0.25, 0.3) is 0 Å². The van der Waals surface area contributed by atoms with Crippen LogP contribution in [-0.2, 0) is 0 Å². The van der Waals surface area contributed by atoms with E-state index in [9.17, 15) is 13.2 Å². The molecule has 2 nitrogen and oxygen atoms in total. The van der Waals surface area contributed by atoms with Crippen molar-refractivity contribution >= 4 is 7.12 Å². The average Bonchev–Trinajstić information content (AvgIpc) is 1.82. The van der Waals surface area contributed by atoms with Crippen molar-refractivity contribution in [1.29, 1.82) is 0 Å². The first-order chi connectivity index (χ1) is 5.44. The summed E-state index contributed by atoms with van der Waals surface area (Å²) in [6.07, 6.45) is -0.000949. The summed E-state index contributed by atoms with van der Waals surface area (Å²) in [4.78, 5) is 0. The molecule has 0 heterocycles. The number of halogens is 3. The molecule has 0 bridgehead atoms. The van der Waals surface area contributed by atoms with Gasteiger partial charge in [-0.25, -0.2) is 13.2 Å². The van der Waals surface area contributed by atoms with Crippen molar-refractivity contribution in [3.63, 3.8) is 0 Å². The molecule has 2 N–H and O–H groups in total. The molecular weight excluding hydrogens is 172 g/mol. The summed E-state index contributed by atoms with van der Waals surface area (Å²) in [5.74, 6) is -2.19. The van der Waals surface area contributed by atoms with Crippen LogP contribution in [0.4, 0.5) is 13.2 Å². The lowest BCUT2D eigenvalue weighted by atomic mass is 9.66. The molecule has 12 heavy (non-hydrogen) atoms. The molecule has 0 spiro atoms. The summed E-state index contributed by atoms with van der Waals surface area (Å²) >= 11 is 0. The van der Waals surface area contributed by atoms with E-state index < -0.39 is 30.8 Å². The molecule has 0 aromatic carbocycles. The molecule has 66 valence electrons. The lowest BCUT2D eigenvalue weighted by Crippen LogP contribution is -2.42. The highest BCUT2D eigenvalue weighted by molar-refractivity contribution is 6.46. The second-order valence-corrected chi connectivity index (χ2v) is 2.60. The molecule has 0 amide bonds. The Morgan fingerprint density at radius 1 is 1.42 bits per heavy atom. The number of allylic oxidation sites excluding steroid dienone is 4. The van der Waals surface area contributed by atoms with Crippen LogP contribution in [0, 0.1) is 0 Å². The molecule has 0 aliphatic heterocycles. The Morgan fingerprint density at radius 3 is 2.42 bits per heavy atom. The minimum atomic E-state index is -2.75. The van der Waals surface area contributed by atoms with Crippen molar-refractivity contribution in [3.05, 3.63) is 23.8 Å². The van der Waals surface area contributed by atoms with Crippen molar-refractivity contribution in [2.24, 2.45) is 0 Å². The van der Waals surface area contributed by atoms with Gasteiger partial charge in [0.15, 0.2) is 5.57 Å². The first-order valence-corrected chi connectivity index (χ1v) is 3.23. The third kappa shape index (κ3) is 1.70. The standard InChI is InChI=1S/C6H6BF3O2/c8-4-1-5(9)3-6(10,2-4)7(11)12/h1-2,11-12H,3H2. The first kappa shape index (κ1) is 9.34. The van der Waals surface area contributed by atoms with Gasteiger partial charge in [-0.1, -0.05) is 0 Å². The van der Waals surface area contributed by atoms with Crippen molar-refractivity contribution < 1.29 is 23.2 Å². The molecule has 0 fully saturated rings. The maximum Gasteiger partial charge on any atom is 0.496 e. The third-order valence-electron chi connectivity index (χ3n) is 1.54. The zero-order chi connectivity index (χ0) is 9.35. The topological polar surface area (TPSA) is 40.5 Å². The van der Waals surface area contributed by atoms with Gasteiger partial charge in [-0.3, -0.25) is 0 Å². The second-order valence-electron chi connectivity index (χ2n) is 2.60. The molecule has 1 aliphatic carbocycles. The van der Waals surface area contributed by atoms with Crippen LogP contribution in [0.15, 0.2) is 23.8 Å². The Hall–Kier alpha value is -0.745. The summed E-state index contributed by atoms with van der Waals surface area (Å²) in [6.45, 7) is 0. The van der Waals surface area contributed by atoms with E-state index in [-0.39, 0.29) is 0 Å². The largest absolute Gasteiger partial charge is 0.496 e. The Labute approximate surface area is 67.2 Å². The molecule has 0 saturated heterocycles. The molecule has 0 aromatic rings. The molecular formula is C6H6BF3O2. The van der Waals surface area contributed by atoms with Gasteiger partial charge in [0.2, 0.25) is 0 Å². The van der Waals surface area contributed by atoms with E-state index in [1.165, 1.54) is 0 Å². The average molecular weight is 178 g/mol. The summed E-state index contributed by atoms with van der Waals surface area (Å²) in [5, 5.41) is 16.9. The maximum atomic E-state index is 13.1. The minimum Gasteiger partial charge on any atom is -0.425 e. The van der Waals surface area contributed by atoms with E-state index in [1.54, 1.807) is 0 Å². The predicted octanol–water partition coefficient (Wildman–Crippen LogP) is 0.817. The molecule has 1 rings (SSSR count). The van der Waals surface area contributed by atoms with Crippen molar-refractivity contribution in [2.75, 3.05) is 0 Å². The summed E-state index contributed by atoms with van der Waals surface area (Å²) in [5.41, 5.74) is -2.75. The Balaban J connectivity index is 2.92. The fourth-order valence-corrected chi connectivity index (χ4v) is 0.947. The number of hydrogen-bond acceptors (Lipinski definition) is 2. The van der Waals surface area contributed by atoms with Gasteiger partial charge >= 0.3 is 7.12 Å². The number of alkyl halides is 1. The smallest absolute Gasteiger partial charge is 0.425 e. The SMILES string of the molecule is OB(O)C1(F)C=C(F)C=C(F)C1. The highest BCUT2D eigenvalue weighted by Gasteiger charge is 2.44. The van der Waals surface area contributed by atoms with Gasteiger partial charge < -0.3 is 10.0 Å². The summed E-state index contributed by atoms with van der Waals surface area (Å²) in [6, 6.07) is 0.